The van der Waals surface area contributed by atoms with Crippen LogP contribution in [0.5, 0.6) is 0 Å². The van der Waals surface area contributed by atoms with Crippen molar-refractivity contribution < 1.29 is 19.9 Å². The maximum Gasteiger partial charge on any atom is 0.335 e. The molecular weight excluding hydrogens is 298 g/mol. The minimum atomic E-state index is -1.09. The summed E-state index contributed by atoms with van der Waals surface area (Å²) in [5, 5.41) is 28.6. The lowest BCUT2D eigenvalue weighted by Crippen LogP contribution is -2.29. The van der Waals surface area contributed by atoms with Crippen LogP contribution in [0.2, 0.25) is 0 Å². The van der Waals surface area contributed by atoms with Crippen LogP contribution in [0.1, 0.15) is 55.3 Å². The number of non-ortho nitro benzene ring substituents is 1. The quantitative estimate of drug-likeness (QED) is 0.492. The first-order chi connectivity index (χ1) is 10.9. The van der Waals surface area contributed by atoms with Gasteiger partial charge in [0.2, 0.25) is 0 Å². The van der Waals surface area contributed by atoms with E-state index in [4.69, 9.17) is 5.11 Å². The van der Waals surface area contributed by atoms with E-state index < -0.39 is 10.9 Å². The molecule has 2 aliphatic rings. The zero-order chi connectivity index (χ0) is 16.9. The van der Waals surface area contributed by atoms with E-state index in [-0.39, 0.29) is 16.9 Å². The number of benzene rings is 1. The molecule has 2 N–H and O–H groups in total. The Morgan fingerprint density at radius 2 is 1.87 bits per heavy atom. The zero-order valence-corrected chi connectivity index (χ0v) is 12.9. The monoisotopic (exact) mass is 319 g/mol. The van der Waals surface area contributed by atoms with Crippen molar-refractivity contribution in [3.05, 3.63) is 51.6 Å². The predicted octanol–water partition coefficient (Wildman–Crippen LogP) is 3.69. The van der Waals surface area contributed by atoms with Gasteiger partial charge in [-0.1, -0.05) is 18.1 Å². The van der Waals surface area contributed by atoms with Crippen molar-refractivity contribution in [1.29, 1.82) is 0 Å². The van der Waals surface area contributed by atoms with Gasteiger partial charge in [0.05, 0.1) is 16.1 Å². The standard InChI is InChI=1S/C10H16O.C7H5NO4/c11-10-6-2-1-4-9(8-10)5-3-7-10;9-7(10)5-1-3-6(4-2-5)8(11)12/h5,11H,1-4,6-8H2;1-4H,(H,9,10). The molecule has 0 spiro atoms. The third-order valence-electron chi connectivity index (χ3n) is 4.31. The molecule has 6 heteroatoms. The van der Waals surface area contributed by atoms with Crippen LogP contribution < -0.4 is 0 Å². The van der Waals surface area contributed by atoms with E-state index in [1.54, 1.807) is 0 Å². The van der Waals surface area contributed by atoms with Gasteiger partial charge in [0.25, 0.3) is 5.69 Å². The van der Waals surface area contributed by atoms with Crippen LogP contribution in [0.4, 0.5) is 5.69 Å². The van der Waals surface area contributed by atoms with E-state index in [0.29, 0.717) is 0 Å². The van der Waals surface area contributed by atoms with Crippen molar-refractivity contribution in [2.24, 2.45) is 0 Å². The summed E-state index contributed by atoms with van der Waals surface area (Å²) in [5.74, 6) is -1.09. The molecule has 1 aromatic carbocycles. The first-order valence-corrected chi connectivity index (χ1v) is 7.78. The number of nitrogens with zero attached hydrogens (tertiary/aromatic N) is 1. The molecule has 23 heavy (non-hydrogen) atoms. The number of nitro groups is 1. The molecule has 0 heterocycles. The van der Waals surface area contributed by atoms with Gasteiger partial charge in [-0.2, -0.15) is 0 Å². The molecule has 124 valence electrons. The molecule has 0 amide bonds. The average Bonchev–Trinajstić information content (AvgIpc) is 2.65. The average molecular weight is 319 g/mol. The summed E-state index contributed by atoms with van der Waals surface area (Å²) in [6.07, 6.45) is 10.2. The highest BCUT2D eigenvalue weighted by molar-refractivity contribution is 5.87. The SMILES string of the molecule is O=C(O)c1ccc([N+](=O)[O-])cc1.OC12CCC=C(CCCC1)C2. The predicted molar refractivity (Wildman–Crippen MR) is 85.4 cm³/mol. The van der Waals surface area contributed by atoms with Crippen LogP contribution in [0, 0.1) is 10.1 Å². The Hall–Kier alpha value is -2.21. The Morgan fingerprint density at radius 3 is 2.48 bits per heavy atom. The highest BCUT2D eigenvalue weighted by atomic mass is 16.6. The summed E-state index contributed by atoms with van der Waals surface area (Å²) < 4.78 is 0. The first-order valence-electron chi connectivity index (χ1n) is 7.78. The fourth-order valence-electron chi connectivity index (χ4n) is 3.06. The second kappa shape index (κ2) is 7.37. The number of allylic oxidation sites excluding steroid dienone is 1. The van der Waals surface area contributed by atoms with E-state index in [2.05, 4.69) is 6.08 Å². The van der Waals surface area contributed by atoms with Gasteiger partial charge in [-0.25, -0.2) is 4.79 Å². The summed E-state index contributed by atoms with van der Waals surface area (Å²) in [6, 6.07) is 4.70. The molecular formula is C17H21NO5. The molecule has 6 nitrogen and oxygen atoms in total. The van der Waals surface area contributed by atoms with Crippen LogP contribution in [0.15, 0.2) is 35.9 Å². The van der Waals surface area contributed by atoms with Gasteiger partial charge in [-0.15, -0.1) is 0 Å². The minimum absolute atomic E-state index is 0.0422. The Kier molecular flexibility index (Phi) is 5.50. The Balaban J connectivity index is 0.000000167. The maximum atomic E-state index is 10.3. The van der Waals surface area contributed by atoms with Crippen LogP contribution in [0.3, 0.4) is 0 Å². The summed E-state index contributed by atoms with van der Waals surface area (Å²) in [5.41, 5.74) is 1.14. The van der Waals surface area contributed by atoms with Crippen molar-refractivity contribution in [3.63, 3.8) is 0 Å². The van der Waals surface area contributed by atoms with Crippen LogP contribution in [-0.2, 0) is 0 Å². The van der Waals surface area contributed by atoms with Crippen molar-refractivity contribution in [3.8, 4) is 0 Å². The Morgan fingerprint density at radius 1 is 1.17 bits per heavy atom. The van der Waals surface area contributed by atoms with Crippen molar-refractivity contribution in [2.75, 3.05) is 0 Å². The van der Waals surface area contributed by atoms with Crippen molar-refractivity contribution in [2.45, 2.75) is 50.5 Å². The summed E-state index contributed by atoms with van der Waals surface area (Å²) in [6.45, 7) is 0. The van der Waals surface area contributed by atoms with Gasteiger partial charge in [-0.05, 0) is 50.7 Å². The van der Waals surface area contributed by atoms with Gasteiger partial charge in [0, 0.05) is 12.1 Å². The largest absolute Gasteiger partial charge is 0.478 e. The molecule has 3 rings (SSSR count). The van der Waals surface area contributed by atoms with Gasteiger partial charge in [0.15, 0.2) is 0 Å². The van der Waals surface area contributed by atoms with Crippen LogP contribution in [0.25, 0.3) is 0 Å². The number of carboxylic acid groups (broad SMARTS) is 1. The number of hydrogen-bond acceptors (Lipinski definition) is 4. The van der Waals surface area contributed by atoms with Crippen molar-refractivity contribution >= 4 is 11.7 Å². The van der Waals surface area contributed by atoms with E-state index >= 15 is 0 Å². The molecule has 0 saturated heterocycles. The topological polar surface area (TPSA) is 101 Å². The van der Waals surface area contributed by atoms with Crippen LogP contribution >= 0.6 is 0 Å². The fourth-order valence-corrected chi connectivity index (χ4v) is 3.06. The van der Waals surface area contributed by atoms with Gasteiger partial charge >= 0.3 is 5.97 Å². The summed E-state index contributed by atoms with van der Waals surface area (Å²) in [7, 11) is 0. The second-order valence-electron chi connectivity index (χ2n) is 6.12. The second-order valence-corrected chi connectivity index (χ2v) is 6.12. The molecule has 0 aromatic heterocycles. The molecule has 1 unspecified atom stereocenters. The number of rotatable bonds is 2. The number of aliphatic hydroxyl groups is 1. The van der Waals surface area contributed by atoms with Gasteiger partial charge < -0.3 is 10.2 Å². The molecule has 1 saturated carbocycles. The lowest BCUT2D eigenvalue weighted by molar-refractivity contribution is -0.384. The molecule has 0 radical (unpaired) electrons. The molecule has 2 aliphatic carbocycles. The molecule has 1 aromatic rings. The number of nitro benzene ring substituents is 1. The smallest absolute Gasteiger partial charge is 0.335 e. The number of fused-ring (bicyclic) bond motifs is 2. The zero-order valence-electron chi connectivity index (χ0n) is 12.9. The fraction of sp³-hybridized carbons (Fsp3) is 0.471. The molecule has 1 fully saturated rings. The molecule has 2 bridgehead atoms. The number of carboxylic acids is 1. The van der Waals surface area contributed by atoms with E-state index in [1.807, 2.05) is 0 Å². The van der Waals surface area contributed by atoms with E-state index in [0.717, 1.165) is 37.8 Å². The number of carbonyl (C=O) groups is 1. The first kappa shape index (κ1) is 17.1. The Bertz CT molecular complexity index is 575. The van der Waals surface area contributed by atoms with Gasteiger partial charge in [-0.3, -0.25) is 10.1 Å². The summed E-state index contributed by atoms with van der Waals surface area (Å²) >= 11 is 0. The maximum absolute atomic E-state index is 10.3. The molecule has 1 atom stereocenters. The highest BCUT2D eigenvalue weighted by Gasteiger charge is 2.31. The number of aromatic carboxylic acids is 1. The highest BCUT2D eigenvalue weighted by Crippen LogP contribution is 2.37. The van der Waals surface area contributed by atoms with Crippen LogP contribution in [-0.4, -0.2) is 26.7 Å². The van der Waals surface area contributed by atoms with Gasteiger partial charge in [0.1, 0.15) is 0 Å². The number of hydrogen-bond donors (Lipinski definition) is 2. The third-order valence-corrected chi connectivity index (χ3v) is 4.31. The lowest BCUT2D eigenvalue weighted by Gasteiger charge is -2.29. The van der Waals surface area contributed by atoms with E-state index in [9.17, 15) is 20.0 Å². The minimum Gasteiger partial charge on any atom is -0.478 e. The van der Waals surface area contributed by atoms with E-state index in [1.165, 1.54) is 37.0 Å². The molecule has 0 aliphatic heterocycles. The van der Waals surface area contributed by atoms with Crippen molar-refractivity contribution in [1.82, 2.24) is 0 Å². The summed E-state index contributed by atoms with van der Waals surface area (Å²) in [4.78, 5) is 19.9. The Labute approximate surface area is 134 Å². The normalized spacial score (nSPS) is 22.9. The third kappa shape index (κ3) is 4.89. The lowest BCUT2D eigenvalue weighted by atomic mass is 9.83.